The van der Waals surface area contributed by atoms with Gasteiger partial charge in [-0.3, -0.25) is 0 Å². The van der Waals surface area contributed by atoms with Crippen molar-refractivity contribution in [3.05, 3.63) is 22.7 Å². The van der Waals surface area contributed by atoms with E-state index in [0.717, 1.165) is 15.8 Å². The lowest BCUT2D eigenvalue weighted by Crippen LogP contribution is -2.11. The summed E-state index contributed by atoms with van der Waals surface area (Å²) < 4.78 is 1.01. The Morgan fingerprint density at radius 3 is 2.58 bits per heavy atom. The average molecular weight is 229 g/mol. The average Bonchev–Trinajstić information content (AvgIpc) is 1.97. The standard InChI is InChI=1S/C9H13BrN2/c1-6(2)12-9-7(10)4-3-5-8(9)11/h3-6,12H,11H2,1-2H3. The molecular formula is C9H13BrN2. The third-order valence-electron chi connectivity index (χ3n) is 1.48. The maximum absolute atomic E-state index is 5.78. The third-order valence-corrected chi connectivity index (χ3v) is 2.14. The van der Waals surface area contributed by atoms with Crippen LogP contribution in [0.2, 0.25) is 0 Å². The zero-order valence-corrected chi connectivity index (χ0v) is 8.85. The molecule has 0 radical (unpaired) electrons. The van der Waals surface area contributed by atoms with Crippen molar-refractivity contribution in [3.63, 3.8) is 0 Å². The van der Waals surface area contributed by atoms with Gasteiger partial charge < -0.3 is 11.1 Å². The fourth-order valence-electron chi connectivity index (χ4n) is 0.982. The first kappa shape index (κ1) is 9.39. The van der Waals surface area contributed by atoms with Gasteiger partial charge in [0.2, 0.25) is 0 Å². The van der Waals surface area contributed by atoms with Crippen LogP contribution in [0.15, 0.2) is 22.7 Å². The number of hydrogen-bond acceptors (Lipinski definition) is 2. The Morgan fingerprint density at radius 2 is 2.08 bits per heavy atom. The van der Waals surface area contributed by atoms with Gasteiger partial charge in [-0.1, -0.05) is 6.07 Å². The first-order chi connectivity index (χ1) is 5.61. The first-order valence-corrected chi connectivity index (χ1v) is 4.71. The van der Waals surface area contributed by atoms with Crippen molar-refractivity contribution in [2.24, 2.45) is 0 Å². The zero-order valence-electron chi connectivity index (χ0n) is 7.26. The molecule has 0 aliphatic carbocycles. The van der Waals surface area contributed by atoms with E-state index in [-0.39, 0.29) is 0 Å². The van der Waals surface area contributed by atoms with Gasteiger partial charge in [0.25, 0.3) is 0 Å². The molecule has 0 spiro atoms. The van der Waals surface area contributed by atoms with Gasteiger partial charge >= 0.3 is 0 Å². The Labute approximate surface area is 81.3 Å². The highest BCUT2D eigenvalue weighted by molar-refractivity contribution is 9.10. The predicted octanol–water partition coefficient (Wildman–Crippen LogP) is 2.85. The van der Waals surface area contributed by atoms with Crippen molar-refractivity contribution in [1.29, 1.82) is 0 Å². The highest BCUT2D eigenvalue weighted by Gasteiger charge is 2.03. The lowest BCUT2D eigenvalue weighted by atomic mass is 10.2. The van der Waals surface area contributed by atoms with Gasteiger partial charge in [-0.15, -0.1) is 0 Å². The lowest BCUT2D eigenvalue weighted by Gasteiger charge is -2.13. The van der Waals surface area contributed by atoms with E-state index >= 15 is 0 Å². The molecule has 0 unspecified atom stereocenters. The van der Waals surface area contributed by atoms with E-state index < -0.39 is 0 Å². The molecule has 2 nitrogen and oxygen atoms in total. The summed E-state index contributed by atoms with van der Waals surface area (Å²) in [7, 11) is 0. The monoisotopic (exact) mass is 228 g/mol. The fourth-order valence-corrected chi connectivity index (χ4v) is 1.48. The third kappa shape index (κ3) is 2.14. The predicted molar refractivity (Wildman–Crippen MR) is 57.3 cm³/mol. The summed E-state index contributed by atoms with van der Waals surface area (Å²) in [6, 6.07) is 6.17. The van der Waals surface area contributed by atoms with Crippen LogP contribution in [0.1, 0.15) is 13.8 Å². The number of halogens is 1. The van der Waals surface area contributed by atoms with E-state index in [2.05, 4.69) is 35.1 Å². The van der Waals surface area contributed by atoms with E-state index in [9.17, 15) is 0 Å². The quantitative estimate of drug-likeness (QED) is 0.765. The van der Waals surface area contributed by atoms with Gasteiger partial charge in [0.1, 0.15) is 0 Å². The smallest absolute Gasteiger partial charge is 0.0720 e. The Hall–Kier alpha value is -0.700. The number of hydrogen-bond donors (Lipinski definition) is 2. The topological polar surface area (TPSA) is 38.0 Å². The Morgan fingerprint density at radius 1 is 1.42 bits per heavy atom. The first-order valence-electron chi connectivity index (χ1n) is 3.92. The summed E-state index contributed by atoms with van der Waals surface area (Å²) in [6.07, 6.45) is 0. The number of nitrogen functional groups attached to an aromatic ring is 1. The van der Waals surface area contributed by atoms with Crippen LogP contribution in [0.3, 0.4) is 0 Å². The van der Waals surface area contributed by atoms with Crippen LogP contribution >= 0.6 is 15.9 Å². The lowest BCUT2D eigenvalue weighted by molar-refractivity contribution is 0.899. The van der Waals surface area contributed by atoms with Crippen LogP contribution in [-0.4, -0.2) is 6.04 Å². The van der Waals surface area contributed by atoms with Crippen molar-refractivity contribution in [3.8, 4) is 0 Å². The van der Waals surface area contributed by atoms with Crippen molar-refractivity contribution in [1.82, 2.24) is 0 Å². The van der Waals surface area contributed by atoms with E-state index in [0.29, 0.717) is 6.04 Å². The van der Waals surface area contributed by atoms with E-state index in [1.165, 1.54) is 0 Å². The molecule has 1 aromatic rings. The van der Waals surface area contributed by atoms with E-state index in [1.807, 2.05) is 18.2 Å². The molecule has 0 saturated heterocycles. The summed E-state index contributed by atoms with van der Waals surface area (Å²) in [5, 5.41) is 3.27. The van der Waals surface area contributed by atoms with Gasteiger partial charge in [0, 0.05) is 10.5 Å². The maximum atomic E-state index is 5.78. The minimum Gasteiger partial charge on any atom is -0.397 e. The molecule has 66 valence electrons. The van der Waals surface area contributed by atoms with Gasteiger partial charge in [-0.05, 0) is 41.9 Å². The number of nitrogens with one attached hydrogen (secondary N) is 1. The molecule has 3 N–H and O–H groups in total. The number of benzene rings is 1. The molecule has 0 aliphatic heterocycles. The molecule has 3 heteroatoms. The van der Waals surface area contributed by atoms with Crippen LogP contribution in [0.4, 0.5) is 11.4 Å². The number of nitrogens with two attached hydrogens (primary N) is 1. The van der Waals surface area contributed by atoms with Gasteiger partial charge in [0.05, 0.1) is 11.4 Å². The fraction of sp³-hybridized carbons (Fsp3) is 0.333. The van der Waals surface area contributed by atoms with Gasteiger partial charge in [0.15, 0.2) is 0 Å². The molecule has 1 aromatic carbocycles. The van der Waals surface area contributed by atoms with Crippen LogP contribution in [0.5, 0.6) is 0 Å². The van der Waals surface area contributed by atoms with Gasteiger partial charge in [-0.2, -0.15) is 0 Å². The molecule has 0 saturated carbocycles. The highest BCUT2D eigenvalue weighted by atomic mass is 79.9. The molecule has 0 amide bonds. The van der Waals surface area contributed by atoms with Crippen molar-refractivity contribution < 1.29 is 0 Å². The van der Waals surface area contributed by atoms with E-state index in [1.54, 1.807) is 0 Å². The largest absolute Gasteiger partial charge is 0.397 e. The Kier molecular flexibility index (Phi) is 2.98. The number of rotatable bonds is 2. The van der Waals surface area contributed by atoms with E-state index in [4.69, 9.17) is 5.73 Å². The molecule has 0 atom stereocenters. The molecule has 0 aromatic heterocycles. The highest BCUT2D eigenvalue weighted by Crippen LogP contribution is 2.28. The second kappa shape index (κ2) is 3.81. The molecular weight excluding hydrogens is 216 g/mol. The zero-order chi connectivity index (χ0) is 9.14. The summed E-state index contributed by atoms with van der Waals surface area (Å²) in [6.45, 7) is 4.16. The maximum Gasteiger partial charge on any atom is 0.0720 e. The minimum absolute atomic E-state index is 0.394. The second-order valence-corrected chi connectivity index (χ2v) is 3.86. The minimum atomic E-state index is 0.394. The summed E-state index contributed by atoms with van der Waals surface area (Å²) in [4.78, 5) is 0. The second-order valence-electron chi connectivity index (χ2n) is 3.00. The molecule has 1 rings (SSSR count). The van der Waals surface area contributed by atoms with Crippen LogP contribution < -0.4 is 11.1 Å². The molecule has 0 heterocycles. The van der Waals surface area contributed by atoms with Crippen molar-refractivity contribution in [2.45, 2.75) is 19.9 Å². The summed E-state index contributed by atoms with van der Waals surface area (Å²) in [5.74, 6) is 0. The molecule has 0 bridgehead atoms. The normalized spacial score (nSPS) is 10.3. The van der Waals surface area contributed by atoms with Crippen LogP contribution in [0, 0.1) is 0 Å². The van der Waals surface area contributed by atoms with Crippen molar-refractivity contribution >= 4 is 27.3 Å². The molecule has 12 heavy (non-hydrogen) atoms. The Bertz CT molecular complexity index is 251. The number of para-hydroxylation sites is 1. The molecule has 0 aliphatic rings. The number of anilines is 2. The molecule has 0 fully saturated rings. The summed E-state index contributed by atoms with van der Waals surface area (Å²) in [5.41, 5.74) is 7.53. The van der Waals surface area contributed by atoms with Crippen LogP contribution in [0.25, 0.3) is 0 Å². The van der Waals surface area contributed by atoms with Crippen molar-refractivity contribution in [2.75, 3.05) is 11.1 Å². The summed E-state index contributed by atoms with van der Waals surface area (Å²) >= 11 is 3.43. The Balaban J connectivity index is 2.96. The van der Waals surface area contributed by atoms with Gasteiger partial charge in [-0.25, -0.2) is 0 Å². The SMILES string of the molecule is CC(C)Nc1c(N)cccc1Br. The van der Waals surface area contributed by atoms with Crippen LogP contribution in [-0.2, 0) is 0 Å².